The maximum atomic E-state index is 4.41. The van der Waals surface area contributed by atoms with Crippen molar-refractivity contribution >= 4 is 24.0 Å². The number of hydrogen-bond acceptors (Lipinski definition) is 4. The van der Waals surface area contributed by atoms with Crippen LogP contribution in [0.15, 0.2) is 65.8 Å². The molecule has 0 radical (unpaired) electrons. The van der Waals surface area contributed by atoms with E-state index in [4.69, 9.17) is 0 Å². The van der Waals surface area contributed by atoms with E-state index in [2.05, 4.69) is 46.4 Å². The molecule has 3 rings (SSSR count). The molecule has 0 unspecified atom stereocenters. The zero-order valence-corrected chi connectivity index (χ0v) is 11.3. The van der Waals surface area contributed by atoms with Crippen molar-refractivity contribution < 1.29 is 0 Å². The van der Waals surface area contributed by atoms with Crippen LogP contribution in [-0.2, 0) is 5.75 Å². The summed E-state index contributed by atoms with van der Waals surface area (Å²) in [6.07, 6.45) is 1.88. The molecule has 0 N–H and O–H groups in total. The summed E-state index contributed by atoms with van der Waals surface area (Å²) in [5, 5.41) is 4.41. The Balaban J connectivity index is 1.54. The highest BCUT2D eigenvalue weighted by molar-refractivity contribution is 7.96. The summed E-state index contributed by atoms with van der Waals surface area (Å²) in [5.74, 6) is 0.945. The van der Waals surface area contributed by atoms with E-state index in [1.165, 1.54) is 11.3 Å². The van der Waals surface area contributed by atoms with Gasteiger partial charge in [0, 0.05) is 11.4 Å². The predicted octanol–water partition coefficient (Wildman–Crippen LogP) is 3.56. The second kappa shape index (κ2) is 5.80. The average Bonchev–Trinajstić information content (AvgIpc) is 2.96. The fourth-order valence-corrected chi connectivity index (χ4v) is 2.69. The summed E-state index contributed by atoms with van der Waals surface area (Å²) >= 11 is 1.73. The molecule has 0 spiro atoms. The van der Waals surface area contributed by atoms with Gasteiger partial charge >= 0.3 is 0 Å². The Hall–Kier alpha value is -1.94. The minimum Gasteiger partial charge on any atom is -0.310 e. The molecular formula is C15H15N3S. The minimum atomic E-state index is 0.793. The fourth-order valence-electron chi connectivity index (χ4n) is 1.89. The number of nitrogens with zero attached hydrogens (tertiary/aromatic N) is 3. The molecule has 2 aromatic carbocycles. The lowest BCUT2D eigenvalue weighted by atomic mass is 10.2. The molecule has 0 saturated heterocycles. The molecule has 96 valence electrons. The van der Waals surface area contributed by atoms with E-state index >= 15 is 0 Å². The van der Waals surface area contributed by atoms with Crippen LogP contribution in [0.25, 0.3) is 0 Å². The van der Waals surface area contributed by atoms with Gasteiger partial charge in [0.25, 0.3) is 0 Å². The first-order valence-corrected chi connectivity index (χ1v) is 7.16. The van der Waals surface area contributed by atoms with Crippen molar-refractivity contribution in [1.29, 1.82) is 0 Å². The largest absolute Gasteiger partial charge is 0.310 e. The Morgan fingerprint density at radius 3 is 2.37 bits per heavy atom. The topological polar surface area (TPSA) is 18.8 Å². The molecule has 0 atom stereocenters. The van der Waals surface area contributed by atoms with E-state index < -0.39 is 0 Å². The number of hydrazone groups is 1. The zero-order valence-electron chi connectivity index (χ0n) is 10.5. The van der Waals surface area contributed by atoms with Gasteiger partial charge in [0.2, 0.25) is 0 Å². The highest BCUT2D eigenvalue weighted by atomic mass is 32.2. The van der Waals surface area contributed by atoms with Gasteiger partial charge in [-0.15, -0.1) is 0 Å². The number of benzene rings is 2. The molecule has 1 heterocycles. The van der Waals surface area contributed by atoms with Crippen LogP contribution in [0.3, 0.4) is 0 Å². The van der Waals surface area contributed by atoms with Crippen LogP contribution in [0.1, 0.15) is 5.56 Å². The van der Waals surface area contributed by atoms with Crippen LogP contribution in [0, 0.1) is 0 Å². The highest BCUT2D eigenvalue weighted by Crippen LogP contribution is 2.23. The van der Waals surface area contributed by atoms with Crippen molar-refractivity contribution in [2.24, 2.45) is 5.10 Å². The summed E-state index contributed by atoms with van der Waals surface area (Å²) < 4.78 is 2.01. The molecule has 0 aromatic heterocycles. The molecule has 0 fully saturated rings. The van der Waals surface area contributed by atoms with Gasteiger partial charge in [0.15, 0.2) is 0 Å². The Labute approximate surface area is 117 Å². The van der Waals surface area contributed by atoms with Gasteiger partial charge in [-0.3, -0.25) is 0 Å². The summed E-state index contributed by atoms with van der Waals surface area (Å²) in [4.78, 5) is 2.14. The van der Waals surface area contributed by atoms with Crippen molar-refractivity contribution in [3.05, 3.63) is 66.2 Å². The number of anilines is 1. The third-order valence-corrected chi connectivity index (χ3v) is 3.87. The molecule has 1 aliphatic rings. The highest BCUT2D eigenvalue weighted by Gasteiger charge is 2.15. The smallest absolute Gasteiger partial charge is 0.125 e. The van der Waals surface area contributed by atoms with Crippen molar-refractivity contribution in [2.75, 3.05) is 11.6 Å². The van der Waals surface area contributed by atoms with Gasteiger partial charge in [0.05, 0.1) is 0 Å². The van der Waals surface area contributed by atoms with Crippen LogP contribution in [-0.4, -0.2) is 17.4 Å². The predicted molar refractivity (Wildman–Crippen MR) is 81.9 cm³/mol. The number of para-hydroxylation sites is 1. The van der Waals surface area contributed by atoms with Crippen molar-refractivity contribution in [1.82, 2.24) is 4.41 Å². The second-order valence-electron chi connectivity index (χ2n) is 4.29. The minimum absolute atomic E-state index is 0.793. The molecule has 0 amide bonds. The normalized spacial score (nSPS) is 14.1. The quantitative estimate of drug-likeness (QED) is 0.791. The van der Waals surface area contributed by atoms with Gasteiger partial charge in [0.1, 0.15) is 13.0 Å². The monoisotopic (exact) mass is 269 g/mol. The molecule has 4 heteroatoms. The van der Waals surface area contributed by atoms with Crippen LogP contribution in [0.4, 0.5) is 5.69 Å². The van der Waals surface area contributed by atoms with Crippen LogP contribution in [0.2, 0.25) is 0 Å². The van der Waals surface area contributed by atoms with Gasteiger partial charge in [-0.25, -0.2) is 4.41 Å². The van der Waals surface area contributed by atoms with E-state index in [1.807, 2.05) is 35.0 Å². The van der Waals surface area contributed by atoms with Crippen LogP contribution in [0.5, 0.6) is 0 Å². The second-order valence-corrected chi connectivity index (χ2v) is 5.26. The maximum absolute atomic E-state index is 4.41. The first kappa shape index (κ1) is 12.1. The standard InChI is InChI=1S/C15H15N3S/c1-3-7-14(8-4-1)11-19-18-13-17(12-16-18)15-9-5-2-6-10-15/h1-10,12H,11,13H2. The summed E-state index contributed by atoms with van der Waals surface area (Å²) in [6.45, 7) is 0.793. The molecule has 0 saturated carbocycles. The summed E-state index contributed by atoms with van der Waals surface area (Å²) in [5.41, 5.74) is 2.50. The SMILES string of the molecule is C1=NN(SCc2ccccc2)CN1c1ccccc1. The van der Waals surface area contributed by atoms with Gasteiger partial charge in [-0.2, -0.15) is 5.10 Å². The number of hydrogen-bond donors (Lipinski definition) is 0. The van der Waals surface area contributed by atoms with Crippen LogP contribution >= 0.6 is 11.9 Å². The molecule has 2 aromatic rings. The first-order valence-electron chi connectivity index (χ1n) is 6.22. The van der Waals surface area contributed by atoms with Gasteiger partial charge < -0.3 is 4.90 Å². The Kier molecular flexibility index (Phi) is 3.70. The third-order valence-electron chi connectivity index (χ3n) is 2.90. The van der Waals surface area contributed by atoms with E-state index in [1.54, 1.807) is 11.9 Å². The summed E-state index contributed by atoms with van der Waals surface area (Å²) in [6, 6.07) is 20.8. The maximum Gasteiger partial charge on any atom is 0.125 e. The van der Waals surface area contributed by atoms with Crippen molar-refractivity contribution in [2.45, 2.75) is 5.75 Å². The lowest BCUT2D eigenvalue weighted by Gasteiger charge is -2.17. The first-order chi connectivity index (χ1) is 9.42. The molecular weight excluding hydrogens is 254 g/mol. The van der Waals surface area contributed by atoms with Crippen LogP contribution < -0.4 is 4.90 Å². The van der Waals surface area contributed by atoms with E-state index in [0.29, 0.717) is 0 Å². The molecule has 3 nitrogen and oxygen atoms in total. The molecule has 1 aliphatic heterocycles. The van der Waals surface area contributed by atoms with Crippen molar-refractivity contribution in [3.8, 4) is 0 Å². The lowest BCUT2D eigenvalue weighted by molar-refractivity contribution is 0.554. The molecule has 19 heavy (non-hydrogen) atoms. The lowest BCUT2D eigenvalue weighted by Crippen LogP contribution is -2.22. The Morgan fingerprint density at radius 2 is 1.63 bits per heavy atom. The number of rotatable bonds is 4. The Morgan fingerprint density at radius 1 is 0.947 bits per heavy atom. The summed E-state index contributed by atoms with van der Waals surface area (Å²) in [7, 11) is 0. The van der Waals surface area contributed by atoms with E-state index in [9.17, 15) is 0 Å². The third kappa shape index (κ3) is 3.09. The fraction of sp³-hybridized carbons (Fsp3) is 0.133. The van der Waals surface area contributed by atoms with Gasteiger partial charge in [-0.05, 0) is 29.6 Å². The molecule has 0 bridgehead atoms. The zero-order chi connectivity index (χ0) is 12.9. The van der Waals surface area contributed by atoms with Crippen molar-refractivity contribution in [3.63, 3.8) is 0 Å². The Bertz CT molecular complexity index is 542. The average molecular weight is 269 g/mol. The molecule has 0 aliphatic carbocycles. The van der Waals surface area contributed by atoms with Gasteiger partial charge in [-0.1, -0.05) is 48.5 Å². The van der Waals surface area contributed by atoms with E-state index in [0.717, 1.165) is 12.4 Å². The van der Waals surface area contributed by atoms with E-state index in [-0.39, 0.29) is 0 Å².